The first kappa shape index (κ1) is 28.9. The minimum absolute atomic E-state index is 0.0362. The van der Waals surface area contributed by atoms with Gasteiger partial charge in [0.25, 0.3) is 0 Å². The average Bonchev–Trinajstić information content (AvgIpc) is 3.53. The zero-order valence-electron chi connectivity index (χ0n) is 24.6. The quantitative estimate of drug-likeness (QED) is 0.359. The summed E-state index contributed by atoms with van der Waals surface area (Å²) in [7, 11) is -1.25. The number of fused-ring (bicyclic) bond motifs is 1. The Hall–Kier alpha value is -2.07. The van der Waals surface area contributed by atoms with Gasteiger partial charge >= 0.3 is 0 Å². The number of hydrogen-bond donors (Lipinski definition) is 0. The molecule has 0 saturated carbocycles. The van der Waals surface area contributed by atoms with E-state index in [1.165, 1.54) is 5.69 Å². The first-order valence-corrected chi connectivity index (χ1v) is 16.4. The summed E-state index contributed by atoms with van der Waals surface area (Å²) in [5.74, 6) is 0. The van der Waals surface area contributed by atoms with Crippen LogP contribution in [0.3, 0.4) is 0 Å². The van der Waals surface area contributed by atoms with E-state index in [9.17, 15) is 0 Å². The summed E-state index contributed by atoms with van der Waals surface area (Å²) in [6, 6.07) is 4.35. The second kappa shape index (κ2) is 12.0. The van der Waals surface area contributed by atoms with E-state index in [2.05, 4.69) is 72.9 Å². The Balaban J connectivity index is 0.00000164. The van der Waals surface area contributed by atoms with Crippen molar-refractivity contribution in [3.63, 3.8) is 0 Å². The molecule has 3 aromatic heterocycles. The molecule has 1 unspecified atom stereocenters. The first-order valence-electron chi connectivity index (χ1n) is 14.0. The summed E-state index contributed by atoms with van der Waals surface area (Å²) in [6.07, 6.45) is 11.8. The highest BCUT2D eigenvalue weighted by Gasteiger charge is 2.30. The Bertz CT molecular complexity index is 1200. The molecule has 2 aliphatic heterocycles. The van der Waals surface area contributed by atoms with Crippen LogP contribution in [0.5, 0.6) is 0 Å². The lowest BCUT2D eigenvalue weighted by atomic mass is 10.1. The third-order valence-corrected chi connectivity index (χ3v) is 11.4. The van der Waals surface area contributed by atoms with Crippen LogP contribution in [0.25, 0.3) is 16.9 Å². The Morgan fingerprint density at radius 2 is 1.84 bits per heavy atom. The third kappa shape index (κ3) is 5.91. The van der Waals surface area contributed by atoms with Crippen LogP contribution in [0.1, 0.15) is 71.5 Å². The maximum absolute atomic E-state index is 6.53. The molecule has 1 atom stereocenters. The van der Waals surface area contributed by atoms with Gasteiger partial charge in [0, 0.05) is 48.1 Å². The van der Waals surface area contributed by atoms with Gasteiger partial charge in [-0.25, -0.2) is 9.67 Å². The summed E-state index contributed by atoms with van der Waals surface area (Å²) in [5, 5.41) is 4.69. The van der Waals surface area contributed by atoms with E-state index in [4.69, 9.17) is 18.6 Å². The molecule has 0 aliphatic carbocycles. The summed E-state index contributed by atoms with van der Waals surface area (Å²) >= 11 is 0. The molecule has 212 valence electrons. The molecule has 38 heavy (non-hydrogen) atoms. The molecule has 5 heterocycles. The van der Waals surface area contributed by atoms with Crippen molar-refractivity contribution in [3.8, 4) is 11.3 Å². The summed E-state index contributed by atoms with van der Waals surface area (Å²) in [4.78, 5) is 7.55. The molecular weight excluding hydrogens is 498 g/mol. The molecule has 0 amide bonds. The smallest absolute Gasteiger partial charge is 0.150 e. The molecular formula is C29H47N5O3S. The van der Waals surface area contributed by atoms with Crippen LogP contribution in [-0.2, 0) is 20.3 Å². The van der Waals surface area contributed by atoms with Crippen LogP contribution in [0.15, 0.2) is 24.5 Å². The number of imidazole rings is 1. The second-order valence-corrected chi connectivity index (χ2v) is 15.1. The zero-order valence-corrected chi connectivity index (χ0v) is 25.4. The maximum atomic E-state index is 6.53. The highest BCUT2D eigenvalue weighted by molar-refractivity contribution is 8.29. The van der Waals surface area contributed by atoms with Crippen molar-refractivity contribution in [3.05, 3.63) is 35.9 Å². The molecule has 5 rings (SSSR count). The van der Waals surface area contributed by atoms with Gasteiger partial charge < -0.3 is 23.0 Å². The van der Waals surface area contributed by atoms with Crippen LogP contribution in [-0.4, -0.2) is 69.3 Å². The average molecular weight is 546 g/mol. The Morgan fingerprint density at radius 3 is 2.50 bits per heavy atom. The standard InChI is InChI=1S/C27H41N5O3S.C2H6/c1-20-23(19-35-36(5,6)27(2,3)4)29-26-22(17-21(18-31(20)26)30-12-15-33-16-13-30)24-10-11-28-32(24)25-9-7-8-14-34-25;1-2/h10-11,17-18,25H,7-9,12-16,19H2,1-6H3;1-2H3. The minimum atomic E-state index is -1.25. The SMILES string of the molecule is CC.Cc1c(COS(C)(C)C(C)(C)C)nc2c(-c3ccnn3C3CCCCO3)cc(N3CCOCC3)cn12. The molecule has 3 aromatic rings. The first-order chi connectivity index (χ1) is 18.2. The number of hydrogen-bond acceptors (Lipinski definition) is 6. The fourth-order valence-electron chi connectivity index (χ4n) is 4.66. The Morgan fingerprint density at radius 1 is 1.11 bits per heavy atom. The van der Waals surface area contributed by atoms with E-state index in [1.807, 2.05) is 24.7 Å². The van der Waals surface area contributed by atoms with Gasteiger partial charge in [-0.05, 0) is 50.8 Å². The number of pyridine rings is 1. The largest absolute Gasteiger partial charge is 0.378 e. The van der Waals surface area contributed by atoms with Gasteiger partial charge in [-0.1, -0.05) is 34.6 Å². The molecule has 0 bridgehead atoms. The number of aryl methyl sites for hydroxylation is 1. The van der Waals surface area contributed by atoms with Gasteiger partial charge in [-0.15, -0.1) is 10.3 Å². The van der Waals surface area contributed by atoms with Crippen molar-refractivity contribution in [1.29, 1.82) is 0 Å². The van der Waals surface area contributed by atoms with Crippen molar-refractivity contribution in [1.82, 2.24) is 19.2 Å². The Kier molecular flexibility index (Phi) is 9.12. The van der Waals surface area contributed by atoms with Crippen LogP contribution in [0.4, 0.5) is 5.69 Å². The van der Waals surface area contributed by atoms with Gasteiger partial charge in [0.2, 0.25) is 0 Å². The van der Waals surface area contributed by atoms with Gasteiger partial charge in [-0.3, -0.25) is 0 Å². The Labute approximate surface area is 230 Å². The predicted molar refractivity (Wildman–Crippen MR) is 158 cm³/mol. The van der Waals surface area contributed by atoms with Gasteiger partial charge in [0.1, 0.15) is 12.3 Å². The second-order valence-electron chi connectivity index (χ2n) is 11.1. The molecule has 2 aliphatic rings. The lowest BCUT2D eigenvalue weighted by molar-refractivity contribution is -0.0383. The van der Waals surface area contributed by atoms with Crippen molar-refractivity contribution in [2.24, 2.45) is 0 Å². The van der Waals surface area contributed by atoms with Crippen molar-refractivity contribution in [2.75, 3.05) is 50.3 Å². The molecule has 8 nitrogen and oxygen atoms in total. The highest BCUT2D eigenvalue weighted by Crippen LogP contribution is 2.54. The highest BCUT2D eigenvalue weighted by atomic mass is 32.3. The van der Waals surface area contributed by atoms with Gasteiger partial charge in [0.05, 0.1) is 30.3 Å². The predicted octanol–water partition coefficient (Wildman–Crippen LogP) is 6.36. The van der Waals surface area contributed by atoms with E-state index in [0.717, 1.165) is 80.5 Å². The van der Waals surface area contributed by atoms with Crippen molar-refractivity contribution < 1.29 is 13.7 Å². The van der Waals surface area contributed by atoms with E-state index in [1.54, 1.807) is 0 Å². The van der Waals surface area contributed by atoms with Crippen LogP contribution < -0.4 is 4.90 Å². The van der Waals surface area contributed by atoms with Gasteiger partial charge in [0.15, 0.2) is 6.23 Å². The lowest BCUT2D eigenvalue weighted by Gasteiger charge is -2.43. The number of anilines is 1. The van der Waals surface area contributed by atoms with Crippen LogP contribution in [0, 0.1) is 6.92 Å². The lowest BCUT2D eigenvalue weighted by Crippen LogP contribution is -2.36. The zero-order chi connectivity index (χ0) is 27.5. The van der Waals surface area contributed by atoms with E-state index < -0.39 is 10.3 Å². The molecule has 0 aromatic carbocycles. The fraction of sp³-hybridized carbons (Fsp3) is 0.655. The van der Waals surface area contributed by atoms with Gasteiger partial charge in [-0.2, -0.15) is 5.10 Å². The van der Waals surface area contributed by atoms with Crippen molar-refractivity contribution >= 4 is 21.6 Å². The summed E-state index contributed by atoms with van der Waals surface area (Å²) < 4.78 is 22.6. The topological polar surface area (TPSA) is 66.0 Å². The van der Waals surface area contributed by atoms with Crippen LogP contribution in [0.2, 0.25) is 0 Å². The van der Waals surface area contributed by atoms with Crippen LogP contribution >= 0.6 is 10.3 Å². The van der Waals surface area contributed by atoms with E-state index >= 15 is 0 Å². The fourth-order valence-corrected chi connectivity index (χ4v) is 5.42. The molecule has 0 radical (unpaired) electrons. The monoisotopic (exact) mass is 545 g/mol. The number of nitrogens with zero attached hydrogens (tertiary/aromatic N) is 5. The molecule has 9 heteroatoms. The third-order valence-electron chi connectivity index (χ3n) is 7.76. The maximum Gasteiger partial charge on any atom is 0.150 e. The molecule has 0 N–H and O–H groups in total. The number of rotatable bonds is 6. The number of ether oxygens (including phenoxy) is 2. The van der Waals surface area contributed by atoms with E-state index in [-0.39, 0.29) is 11.0 Å². The number of morpholine rings is 1. The molecule has 2 saturated heterocycles. The van der Waals surface area contributed by atoms with E-state index in [0.29, 0.717) is 6.61 Å². The summed E-state index contributed by atoms with van der Waals surface area (Å²) in [6.45, 7) is 17.4. The van der Waals surface area contributed by atoms with Crippen molar-refractivity contribution in [2.45, 2.75) is 78.4 Å². The normalized spacial score (nSPS) is 19.4. The molecule has 0 spiro atoms. The summed E-state index contributed by atoms with van der Waals surface area (Å²) in [5.41, 5.74) is 6.32. The minimum Gasteiger partial charge on any atom is -0.378 e. The number of aromatic nitrogens is 4. The molecule has 2 fully saturated rings.